The summed E-state index contributed by atoms with van der Waals surface area (Å²) in [6.07, 6.45) is 0.0427. The van der Waals surface area contributed by atoms with Crippen molar-refractivity contribution in [2.75, 3.05) is 12.0 Å². The van der Waals surface area contributed by atoms with E-state index in [-0.39, 0.29) is 6.10 Å². The maximum atomic E-state index is 6.37. The quantitative estimate of drug-likeness (QED) is 0.738. The van der Waals surface area contributed by atoms with Crippen molar-refractivity contribution in [3.63, 3.8) is 0 Å². The van der Waals surface area contributed by atoms with Crippen molar-refractivity contribution in [2.24, 2.45) is 0 Å². The van der Waals surface area contributed by atoms with E-state index in [2.05, 4.69) is 15.6 Å². The van der Waals surface area contributed by atoms with Gasteiger partial charge in [-0.2, -0.15) is 5.10 Å². The highest BCUT2D eigenvalue weighted by Gasteiger charge is 2.13. The highest BCUT2D eigenvalue weighted by Crippen LogP contribution is 2.34. The number of ether oxygens (including phenoxy) is 2. The minimum absolute atomic E-state index is 0.0427. The van der Waals surface area contributed by atoms with E-state index in [0.717, 1.165) is 11.4 Å². The fourth-order valence-corrected chi connectivity index (χ4v) is 2.52. The molecule has 0 unspecified atom stereocenters. The van der Waals surface area contributed by atoms with Gasteiger partial charge in [0, 0.05) is 11.1 Å². The molecule has 0 atom stereocenters. The highest BCUT2D eigenvalue weighted by molar-refractivity contribution is 7.71. The van der Waals surface area contributed by atoms with E-state index < -0.39 is 0 Å². The van der Waals surface area contributed by atoms with E-state index in [1.807, 2.05) is 33.8 Å². The van der Waals surface area contributed by atoms with Gasteiger partial charge in [0.05, 0.1) is 19.3 Å². The second kappa shape index (κ2) is 7.70. The number of aromatic nitrogens is 3. The molecule has 1 aromatic heterocycles. The van der Waals surface area contributed by atoms with E-state index in [1.165, 1.54) is 0 Å². The molecule has 23 heavy (non-hydrogen) atoms. The van der Waals surface area contributed by atoms with Crippen LogP contribution in [-0.4, -0.2) is 27.6 Å². The molecule has 0 amide bonds. The Morgan fingerprint density at radius 3 is 2.70 bits per heavy atom. The number of nitrogens with one attached hydrogen (secondary N) is 2. The third kappa shape index (κ3) is 4.39. The lowest BCUT2D eigenvalue weighted by Gasteiger charge is -2.17. The summed E-state index contributed by atoms with van der Waals surface area (Å²) in [6, 6.07) is 3.67. The molecule has 0 saturated heterocycles. The largest absolute Gasteiger partial charge is 0.490 e. The minimum Gasteiger partial charge on any atom is -0.490 e. The average Bonchev–Trinajstić information content (AvgIpc) is 2.79. The van der Waals surface area contributed by atoms with Gasteiger partial charge < -0.3 is 14.9 Å². The number of hydrogen-bond acceptors (Lipinski definition) is 5. The van der Waals surface area contributed by atoms with Crippen molar-refractivity contribution in [3.8, 4) is 11.5 Å². The van der Waals surface area contributed by atoms with Crippen LogP contribution in [0.15, 0.2) is 12.1 Å². The number of aromatic amines is 1. The van der Waals surface area contributed by atoms with Crippen LogP contribution in [0.1, 0.15) is 32.2 Å². The SMILES string of the molecule is CCOc1cc(CNn2c(C)n[nH]c2=S)c(Cl)cc1OC(C)C. The summed E-state index contributed by atoms with van der Waals surface area (Å²) < 4.78 is 13.6. The summed E-state index contributed by atoms with van der Waals surface area (Å²) in [4.78, 5) is 0. The van der Waals surface area contributed by atoms with Gasteiger partial charge in [-0.05, 0) is 51.5 Å². The predicted octanol–water partition coefficient (Wildman–Crippen LogP) is 3.83. The van der Waals surface area contributed by atoms with E-state index in [4.69, 9.17) is 33.3 Å². The average molecular weight is 357 g/mol. The Kier molecular flexibility index (Phi) is 5.90. The van der Waals surface area contributed by atoms with Gasteiger partial charge in [-0.15, -0.1) is 0 Å². The third-order valence-electron chi connectivity index (χ3n) is 3.04. The number of aryl methyl sites for hydroxylation is 1. The molecule has 1 heterocycles. The number of halogens is 1. The van der Waals surface area contributed by atoms with Crippen molar-refractivity contribution in [2.45, 2.75) is 40.3 Å². The van der Waals surface area contributed by atoms with Crippen LogP contribution in [0.4, 0.5) is 0 Å². The summed E-state index contributed by atoms with van der Waals surface area (Å²) >= 11 is 11.5. The maximum absolute atomic E-state index is 6.37. The number of benzene rings is 1. The summed E-state index contributed by atoms with van der Waals surface area (Å²) in [7, 11) is 0. The van der Waals surface area contributed by atoms with Gasteiger partial charge in [0.15, 0.2) is 11.5 Å². The van der Waals surface area contributed by atoms with Crippen LogP contribution in [0.25, 0.3) is 0 Å². The Bertz CT molecular complexity index is 727. The zero-order valence-electron chi connectivity index (χ0n) is 13.6. The molecular weight excluding hydrogens is 336 g/mol. The van der Waals surface area contributed by atoms with Gasteiger partial charge in [0.1, 0.15) is 5.82 Å². The van der Waals surface area contributed by atoms with Gasteiger partial charge in [0.25, 0.3) is 0 Å². The van der Waals surface area contributed by atoms with Crippen molar-refractivity contribution in [1.29, 1.82) is 0 Å². The van der Waals surface area contributed by atoms with Crippen LogP contribution in [0.2, 0.25) is 5.02 Å². The first-order valence-corrected chi connectivity index (χ1v) is 8.20. The molecule has 2 rings (SSSR count). The molecule has 0 fully saturated rings. The first-order chi connectivity index (χ1) is 10.9. The van der Waals surface area contributed by atoms with E-state index >= 15 is 0 Å². The molecule has 0 saturated carbocycles. The molecule has 6 nitrogen and oxygen atoms in total. The lowest BCUT2D eigenvalue weighted by Crippen LogP contribution is -2.16. The number of H-pyrrole nitrogens is 1. The maximum Gasteiger partial charge on any atom is 0.214 e. The zero-order valence-corrected chi connectivity index (χ0v) is 15.2. The fourth-order valence-electron chi connectivity index (χ4n) is 2.05. The molecule has 8 heteroatoms. The van der Waals surface area contributed by atoms with Gasteiger partial charge >= 0.3 is 0 Å². The molecule has 2 aromatic rings. The fraction of sp³-hybridized carbons (Fsp3) is 0.467. The molecule has 0 aliphatic rings. The van der Waals surface area contributed by atoms with Gasteiger partial charge in [-0.3, -0.25) is 5.10 Å². The number of hydrogen-bond donors (Lipinski definition) is 2. The molecular formula is C15H21ClN4O2S. The van der Waals surface area contributed by atoms with Crippen LogP contribution >= 0.6 is 23.8 Å². The highest BCUT2D eigenvalue weighted by atomic mass is 35.5. The summed E-state index contributed by atoms with van der Waals surface area (Å²) in [5.41, 5.74) is 4.07. The molecule has 0 spiro atoms. The summed E-state index contributed by atoms with van der Waals surface area (Å²) in [6.45, 7) is 8.74. The van der Waals surface area contributed by atoms with Crippen LogP contribution in [0.5, 0.6) is 11.5 Å². The lowest BCUT2D eigenvalue weighted by molar-refractivity contribution is 0.223. The molecule has 0 radical (unpaired) electrons. The zero-order chi connectivity index (χ0) is 17.0. The Balaban J connectivity index is 2.24. The standard InChI is InChI=1S/C15H21ClN4O2S/c1-5-21-13-6-11(12(16)7-14(13)22-9(2)3)8-17-20-10(4)18-19-15(20)23/h6-7,9,17H,5,8H2,1-4H3,(H,19,23). The van der Waals surface area contributed by atoms with Crippen molar-refractivity contribution in [3.05, 3.63) is 33.3 Å². The lowest BCUT2D eigenvalue weighted by atomic mass is 10.2. The third-order valence-corrected chi connectivity index (χ3v) is 3.67. The van der Waals surface area contributed by atoms with Gasteiger partial charge in [-0.25, -0.2) is 4.68 Å². The van der Waals surface area contributed by atoms with Crippen LogP contribution in [0.3, 0.4) is 0 Å². The monoisotopic (exact) mass is 356 g/mol. The smallest absolute Gasteiger partial charge is 0.214 e. The van der Waals surface area contributed by atoms with Crippen LogP contribution < -0.4 is 14.9 Å². The molecule has 2 N–H and O–H groups in total. The minimum atomic E-state index is 0.0427. The van der Waals surface area contributed by atoms with Gasteiger partial charge in [0.2, 0.25) is 4.77 Å². The molecule has 1 aromatic carbocycles. The second-order valence-corrected chi connectivity index (χ2v) is 6.03. The van der Waals surface area contributed by atoms with Crippen molar-refractivity contribution >= 4 is 23.8 Å². The van der Waals surface area contributed by atoms with Crippen LogP contribution in [0, 0.1) is 11.7 Å². The Labute approximate surface area is 145 Å². The van der Waals surface area contributed by atoms with Gasteiger partial charge in [-0.1, -0.05) is 11.6 Å². The Morgan fingerprint density at radius 1 is 1.39 bits per heavy atom. The van der Waals surface area contributed by atoms with E-state index in [0.29, 0.717) is 34.4 Å². The molecule has 0 bridgehead atoms. The van der Waals surface area contributed by atoms with Crippen molar-refractivity contribution < 1.29 is 9.47 Å². The second-order valence-electron chi connectivity index (χ2n) is 5.24. The molecule has 0 aliphatic carbocycles. The summed E-state index contributed by atoms with van der Waals surface area (Å²) in [5.74, 6) is 2.07. The number of rotatable bonds is 7. The van der Waals surface area contributed by atoms with Crippen molar-refractivity contribution in [1.82, 2.24) is 14.9 Å². The Hall–Kier alpha value is -1.73. The predicted molar refractivity (Wildman–Crippen MR) is 93.6 cm³/mol. The first-order valence-electron chi connectivity index (χ1n) is 7.42. The normalized spacial score (nSPS) is 10.9. The molecule has 126 valence electrons. The van der Waals surface area contributed by atoms with E-state index in [9.17, 15) is 0 Å². The topological polar surface area (TPSA) is 64.1 Å². The molecule has 0 aliphatic heterocycles. The first kappa shape index (κ1) is 17.6. The number of nitrogens with zero attached hydrogens (tertiary/aromatic N) is 2. The van der Waals surface area contributed by atoms with E-state index in [1.54, 1.807) is 10.7 Å². The van der Waals surface area contributed by atoms with Crippen LogP contribution in [-0.2, 0) is 6.54 Å². The summed E-state index contributed by atoms with van der Waals surface area (Å²) in [5, 5.41) is 7.38. The Morgan fingerprint density at radius 2 is 2.13 bits per heavy atom.